The molecule has 2 aromatic heterocycles. The fraction of sp³-hybridized carbons (Fsp3) is 0.0556. The summed E-state index contributed by atoms with van der Waals surface area (Å²) in [6, 6.07) is 7.06. The summed E-state index contributed by atoms with van der Waals surface area (Å²) in [5.74, 6) is -1.97. The average molecular weight is 379 g/mol. The van der Waals surface area contributed by atoms with Crippen LogP contribution < -0.4 is 0 Å². The number of hydrogen-bond acceptors (Lipinski definition) is 3. The number of nitrogens with zero attached hydrogens (tertiary/aromatic N) is 1. The van der Waals surface area contributed by atoms with E-state index >= 15 is 0 Å². The van der Waals surface area contributed by atoms with Gasteiger partial charge < -0.3 is 0 Å². The van der Waals surface area contributed by atoms with Crippen LogP contribution in [0.4, 0.5) is 17.6 Å². The van der Waals surface area contributed by atoms with E-state index in [9.17, 15) is 22.8 Å². The molecule has 0 amide bonds. The summed E-state index contributed by atoms with van der Waals surface area (Å²) in [7, 11) is 0. The van der Waals surface area contributed by atoms with Gasteiger partial charge in [0.2, 0.25) is 10.3 Å². The van der Waals surface area contributed by atoms with Gasteiger partial charge in [-0.25, -0.2) is 8.78 Å². The monoisotopic (exact) mass is 379 g/mol. The fourth-order valence-electron chi connectivity index (χ4n) is 2.41. The van der Waals surface area contributed by atoms with Gasteiger partial charge in [0.05, 0.1) is 11.6 Å². The maximum Gasteiger partial charge on any atom is 0.212 e. The Bertz CT molecular complexity index is 1000. The van der Waals surface area contributed by atoms with Crippen molar-refractivity contribution in [1.29, 1.82) is 5.26 Å². The molecule has 0 aliphatic rings. The van der Waals surface area contributed by atoms with E-state index in [4.69, 9.17) is 0 Å². The Hall–Kier alpha value is -2.43. The van der Waals surface area contributed by atoms with Crippen molar-refractivity contribution in [3.63, 3.8) is 0 Å². The summed E-state index contributed by atoms with van der Waals surface area (Å²) < 4.78 is 53.5. The number of rotatable bonds is 3. The summed E-state index contributed by atoms with van der Waals surface area (Å²) in [6.07, 6.45) is 0. The van der Waals surface area contributed by atoms with Crippen LogP contribution in [0.3, 0.4) is 0 Å². The van der Waals surface area contributed by atoms with Crippen LogP contribution in [0.5, 0.6) is 0 Å². The van der Waals surface area contributed by atoms with E-state index in [0.29, 0.717) is 49.8 Å². The Balaban J connectivity index is 2.28. The first kappa shape index (κ1) is 17.4. The lowest BCUT2D eigenvalue weighted by atomic mass is 9.93. The maximum absolute atomic E-state index is 13.4. The quantitative estimate of drug-likeness (QED) is 0.470. The Labute approximate surface area is 149 Å². The second-order valence-corrected chi connectivity index (χ2v) is 7.30. The zero-order chi connectivity index (χ0) is 18.3. The molecule has 3 aromatic rings. The minimum absolute atomic E-state index is 0.149. The zero-order valence-electron chi connectivity index (χ0n) is 12.8. The van der Waals surface area contributed by atoms with Crippen molar-refractivity contribution in [2.24, 2.45) is 0 Å². The van der Waals surface area contributed by atoms with Crippen LogP contribution in [0.25, 0.3) is 26.5 Å². The van der Waals surface area contributed by atoms with Gasteiger partial charge >= 0.3 is 0 Å². The SMILES string of the molecule is C=C(C)c1cc(-c2cc(F)c(F)s2)c(C#N)cc1-c1cc(F)c(F)s1. The Morgan fingerprint density at radius 2 is 1.44 bits per heavy atom. The third-order valence-corrected chi connectivity index (χ3v) is 5.42. The van der Waals surface area contributed by atoms with Gasteiger partial charge in [0.25, 0.3) is 0 Å². The molecule has 3 rings (SSSR count). The van der Waals surface area contributed by atoms with Gasteiger partial charge in [-0.15, -0.1) is 22.7 Å². The molecule has 1 aromatic carbocycles. The molecule has 0 atom stereocenters. The number of hydrogen-bond donors (Lipinski definition) is 0. The summed E-state index contributed by atoms with van der Waals surface area (Å²) in [4.78, 5) is 0.559. The van der Waals surface area contributed by atoms with Gasteiger partial charge in [0.1, 0.15) is 0 Å². The fourth-order valence-corrected chi connectivity index (χ4v) is 3.99. The minimum Gasteiger partial charge on any atom is -0.203 e. The van der Waals surface area contributed by atoms with Gasteiger partial charge in [0.15, 0.2) is 11.6 Å². The standard InChI is InChI=1S/C18H9F4NS2/c1-8(2)10-4-11(15-5-13(19)17(21)24-15)9(7-23)3-12(10)16-6-14(20)18(22)25-16/h3-6H,1H2,2H3. The number of nitriles is 1. The first-order valence-electron chi connectivity index (χ1n) is 6.96. The molecule has 2 heterocycles. The van der Waals surface area contributed by atoms with Crippen molar-refractivity contribution in [3.05, 3.63) is 63.9 Å². The molecule has 0 aliphatic carbocycles. The van der Waals surface area contributed by atoms with Crippen LogP contribution in [0, 0.1) is 33.2 Å². The molecule has 0 saturated heterocycles. The molecular weight excluding hydrogens is 370 g/mol. The second-order valence-electron chi connectivity index (χ2n) is 5.30. The highest BCUT2D eigenvalue weighted by atomic mass is 32.1. The zero-order valence-corrected chi connectivity index (χ0v) is 14.4. The van der Waals surface area contributed by atoms with E-state index in [1.165, 1.54) is 6.07 Å². The molecular formula is C18H9F4NS2. The molecule has 7 heteroatoms. The van der Waals surface area contributed by atoms with Crippen LogP contribution in [-0.2, 0) is 0 Å². The lowest BCUT2D eigenvalue weighted by Crippen LogP contribution is -1.91. The molecule has 0 N–H and O–H groups in total. The van der Waals surface area contributed by atoms with Gasteiger partial charge in [0, 0.05) is 20.9 Å². The van der Waals surface area contributed by atoms with E-state index in [2.05, 4.69) is 6.58 Å². The third kappa shape index (κ3) is 3.11. The summed E-state index contributed by atoms with van der Waals surface area (Å²) >= 11 is 1.20. The van der Waals surface area contributed by atoms with Crippen LogP contribution in [0.15, 0.2) is 30.8 Å². The van der Waals surface area contributed by atoms with Crippen molar-refractivity contribution >= 4 is 28.2 Å². The normalized spacial score (nSPS) is 10.7. The first-order valence-corrected chi connectivity index (χ1v) is 8.59. The number of halogens is 4. The number of benzene rings is 1. The van der Waals surface area contributed by atoms with Crippen molar-refractivity contribution in [3.8, 4) is 27.0 Å². The summed E-state index contributed by atoms with van der Waals surface area (Å²) in [6.45, 7) is 5.54. The maximum atomic E-state index is 13.4. The van der Waals surface area contributed by atoms with E-state index in [1.807, 2.05) is 6.07 Å². The number of thiophene rings is 2. The van der Waals surface area contributed by atoms with Gasteiger partial charge in [-0.2, -0.15) is 14.0 Å². The van der Waals surface area contributed by atoms with E-state index in [1.54, 1.807) is 13.0 Å². The first-order chi connectivity index (χ1) is 11.8. The summed E-state index contributed by atoms with van der Waals surface area (Å²) in [5.41, 5.74) is 2.07. The Kier molecular flexibility index (Phi) is 4.50. The third-order valence-electron chi connectivity index (χ3n) is 3.56. The second kappa shape index (κ2) is 6.47. The molecule has 1 nitrogen and oxygen atoms in total. The Morgan fingerprint density at radius 3 is 1.84 bits per heavy atom. The van der Waals surface area contributed by atoms with Crippen molar-refractivity contribution < 1.29 is 17.6 Å². The molecule has 0 bridgehead atoms. The minimum atomic E-state index is -0.993. The highest BCUT2D eigenvalue weighted by Crippen LogP contribution is 2.40. The van der Waals surface area contributed by atoms with Gasteiger partial charge in [-0.1, -0.05) is 12.2 Å². The highest BCUT2D eigenvalue weighted by Gasteiger charge is 2.19. The van der Waals surface area contributed by atoms with Gasteiger partial charge in [-0.05, 0) is 36.8 Å². The molecule has 0 unspecified atom stereocenters. The lowest BCUT2D eigenvalue weighted by molar-refractivity contribution is 0.531. The van der Waals surface area contributed by atoms with E-state index in [-0.39, 0.29) is 10.4 Å². The average Bonchev–Trinajstić information content (AvgIpc) is 3.08. The predicted molar refractivity (Wildman–Crippen MR) is 92.3 cm³/mol. The molecule has 0 aliphatic heterocycles. The van der Waals surface area contributed by atoms with Crippen LogP contribution in [0.2, 0.25) is 0 Å². The van der Waals surface area contributed by atoms with Crippen LogP contribution in [-0.4, -0.2) is 0 Å². The summed E-state index contributed by atoms with van der Waals surface area (Å²) in [5, 5.41) is 7.50. The molecule has 0 spiro atoms. The van der Waals surface area contributed by atoms with Crippen LogP contribution in [0.1, 0.15) is 18.1 Å². The molecule has 126 valence electrons. The highest BCUT2D eigenvalue weighted by molar-refractivity contribution is 7.14. The van der Waals surface area contributed by atoms with Gasteiger partial charge in [-0.3, -0.25) is 0 Å². The van der Waals surface area contributed by atoms with Crippen molar-refractivity contribution in [2.75, 3.05) is 0 Å². The van der Waals surface area contributed by atoms with Crippen LogP contribution >= 0.6 is 22.7 Å². The molecule has 0 saturated carbocycles. The van der Waals surface area contributed by atoms with E-state index in [0.717, 1.165) is 12.1 Å². The Morgan fingerprint density at radius 1 is 0.920 bits per heavy atom. The predicted octanol–water partition coefficient (Wildman–Crippen LogP) is 6.60. The topological polar surface area (TPSA) is 23.8 Å². The van der Waals surface area contributed by atoms with E-state index < -0.39 is 21.9 Å². The largest absolute Gasteiger partial charge is 0.212 e. The molecule has 0 fully saturated rings. The van der Waals surface area contributed by atoms with Crippen molar-refractivity contribution in [2.45, 2.75) is 6.92 Å². The van der Waals surface area contributed by atoms with Crippen molar-refractivity contribution in [1.82, 2.24) is 0 Å². The number of allylic oxidation sites excluding steroid dienone is 1. The molecule has 25 heavy (non-hydrogen) atoms. The molecule has 0 radical (unpaired) electrons. The lowest BCUT2D eigenvalue weighted by Gasteiger charge is -2.12. The smallest absolute Gasteiger partial charge is 0.203 e.